The lowest BCUT2D eigenvalue weighted by molar-refractivity contribution is -0.384. The maximum absolute atomic E-state index is 12.3. The number of hydrogen-bond acceptors (Lipinski definition) is 5. The minimum atomic E-state index is -1.10. The summed E-state index contributed by atoms with van der Waals surface area (Å²) < 4.78 is 4.95. The van der Waals surface area contributed by atoms with Crippen LogP contribution < -0.4 is 5.32 Å². The molecule has 3 amide bonds. The largest absolute Gasteiger partial charge is 0.382 e. The van der Waals surface area contributed by atoms with E-state index in [9.17, 15) is 19.7 Å². The van der Waals surface area contributed by atoms with E-state index >= 15 is 0 Å². The average molecular weight is 293 g/mol. The van der Waals surface area contributed by atoms with Gasteiger partial charge in [0.15, 0.2) is 0 Å². The quantitative estimate of drug-likeness (QED) is 0.496. The lowest BCUT2D eigenvalue weighted by Crippen LogP contribution is -2.47. The predicted molar refractivity (Wildman–Crippen MR) is 72.5 cm³/mol. The van der Waals surface area contributed by atoms with Crippen molar-refractivity contribution in [2.75, 3.05) is 13.7 Å². The molecule has 8 heteroatoms. The summed E-state index contributed by atoms with van der Waals surface area (Å²) in [5.74, 6) is -0.416. The van der Waals surface area contributed by atoms with E-state index in [1.165, 1.54) is 25.3 Å². The molecule has 0 aliphatic carbocycles. The smallest absolute Gasteiger partial charge is 0.325 e. The highest BCUT2D eigenvalue weighted by atomic mass is 16.6. The topological polar surface area (TPSA) is 102 Å². The Morgan fingerprint density at radius 3 is 2.76 bits per heavy atom. The lowest BCUT2D eigenvalue weighted by atomic mass is 10.0. The van der Waals surface area contributed by atoms with Gasteiger partial charge in [0.05, 0.1) is 18.1 Å². The number of urea groups is 1. The first-order valence-corrected chi connectivity index (χ1v) is 6.24. The molecular formula is C13H15N3O5. The second-order valence-electron chi connectivity index (χ2n) is 5.01. The van der Waals surface area contributed by atoms with Crippen molar-refractivity contribution in [3.63, 3.8) is 0 Å². The van der Waals surface area contributed by atoms with Crippen LogP contribution in [0.25, 0.3) is 0 Å². The standard InChI is InChI=1S/C13H15N3O5/c1-13(8-21-2)11(17)15(12(18)14-13)7-9-4-3-5-10(6-9)16(19)20/h3-6H,7-8H2,1-2H3,(H,14,18)/t13-/m0/s1. The third-order valence-electron chi connectivity index (χ3n) is 3.24. The number of nitrogens with zero attached hydrogens (tertiary/aromatic N) is 2. The van der Waals surface area contributed by atoms with Crippen molar-refractivity contribution in [2.24, 2.45) is 0 Å². The van der Waals surface area contributed by atoms with Crippen LogP contribution in [0.1, 0.15) is 12.5 Å². The van der Waals surface area contributed by atoms with Crippen LogP contribution in [0.3, 0.4) is 0 Å². The van der Waals surface area contributed by atoms with Crippen LogP contribution >= 0.6 is 0 Å². The first-order valence-electron chi connectivity index (χ1n) is 6.24. The second-order valence-corrected chi connectivity index (χ2v) is 5.01. The second kappa shape index (κ2) is 5.49. The Morgan fingerprint density at radius 2 is 2.14 bits per heavy atom. The number of ether oxygens (including phenoxy) is 1. The fraction of sp³-hybridized carbons (Fsp3) is 0.385. The molecule has 21 heavy (non-hydrogen) atoms. The first-order chi connectivity index (χ1) is 9.87. The molecule has 0 radical (unpaired) electrons. The number of methoxy groups -OCH3 is 1. The Bertz CT molecular complexity index is 603. The lowest BCUT2D eigenvalue weighted by Gasteiger charge is -2.20. The van der Waals surface area contributed by atoms with Crippen molar-refractivity contribution in [3.05, 3.63) is 39.9 Å². The summed E-state index contributed by atoms with van der Waals surface area (Å²) in [5, 5.41) is 13.3. The fourth-order valence-electron chi connectivity index (χ4n) is 2.23. The molecule has 1 aliphatic rings. The number of hydrogen-bond donors (Lipinski definition) is 1. The Labute approximate surface area is 120 Å². The van der Waals surface area contributed by atoms with Gasteiger partial charge in [-0.25, -0.2) is 4.79 Å². The van der Waals surface area contributed by atoms with Crippen molar-refractivity contribution in [1.82, 2.24) is 10.2 Å². The number of nitro benzene ring substituents is 1. The van der Waals surface area contributed by atoms with Crippen molar-refractivity contribution in [3.8, 4) is 0 Å². The van der Waals surface area contributed by atoms with Gasteiger partial charge in [-0.2, -0.15) is 0 Å². The SMILES string of the molecule is COC[C@]1(C)NC(=O)N(Cc2cccc([N+](=O)[O-])c2)C1=O. The Hall–Kier alpha value is -2.48. The highest BCUT2D eigenvalue weighted by Gasteiger charge is 2.47. The minimum absolute atomic E-state index is 0.0222. The van der Waals surface area contributed by atoms with Crippen LogP contribution in [0.15, 0.2) is 24.3 Å². The number of non-ortho nitro benzene ring substituents is 1. The van der Waals surface area contributed by atoms with Crippen LogP contribution in [0, 0.1) is 10.1 Å². The number of rotatable bonds is 5. The molecule has 2 rings (SSSR count). The maximum Gasteiger partial charge on any atom is 0.325 e. The molecule has 1 atom stereocenters. The van der Waals surface area contributed by atoms with Crippen LogP contribution in [0.2, 0.25) is 0 Å². The molecule has 1 N–H and O–H groups in total. The van der Waals surface area contributed by atoms with Gasteiger partial charge in [-0.3, -0.25) is 19.8 Å². The number of benzene rings is 1. The van der Waals surface area contributed by atoms with Crippen LogP contribution in [-0.4, -0.2) is 41.0 Å². The van der Waals surface area contributed by atoms with Gasteiger partial charge in [-0.15, -0.1) is 0 Å². The first kappa shape index (κ1) is 14.9. The van der Waals surface area contributed by atoms with Crippen molar-refractivity contribution >= 4 is 17.6 Å². The van der Waals surface area contributed by atoms with E-state index in [0.717, 1.165) is 4.90 Å². The molecule has 0 saturated carbocycles. The summed E-state index contributed by atoms with van der Waals surface area (Å²) in [4.78, 5) is 35.4. The molecule has 1 aliphatic heterocycles. The summed E-state index contributed by atoms with van der Waals surface area (Å²) in [5.41, 5.74) is -0.680. The van der Waals surface area contributed by atoms with Gasteiger partial charge in [0.25, 0.3) is 11.6 Å². The third-order valence-corrected chi connectivity index (χ3v) is 3.24. The van der Waals surface area contributed by atoms with Crippen molar-refractivity contribution in [1.29, 1.82) is 0 Å². The molecule has 112 valence electrons. The summed E-state index contributed by atoms with van der Waals surface area (Å²) >= 11 is 0. The molecular weight excluding hydrogens is 278 g/mol. The monoisotopic (exact) mass is 293 g/mol. The van der Waals surface area contributed by atoms with E-state index in [1.54, 1.807) is 13.0 Å². The van der Waals surface area contributed by atoms with Gasteiger partial charge in [-0.05, 0) is 12.5 Å². The van der Waals surface area contributed by atoms with E-state index in [1.807, 2.05) is 0 Å². The number of amides is 3. The molecule has 0 unspecified atom stereocenters. The summed E-state index contributed by atoms with van der Waals surface area (Å²) in [6.07, 6.45) is 0. The molecule has 1 heterocycles. The van der Waals surface area contributed by atoms with Crippen LogP contribution in [-0.2, 0) is 16.1 Å². The summed E-state index contributed by atoms with van der Waals surface area (Å²) in [6.45, 7) is 1.61. The molecule has 0 bridgehead atoms. The molecule has 0 aromatic heterocycles. The number of imide groups is 1. The van der Waals surface area contributed by atoms with Crippen LogP contribution in [0.4, 0.5) is 10.5 Å². The number of carbonyl (C=O) groups is 2. The average Bonchev–Trinajstić information content (AvgIpc) is 2.63. The van der Waals surface area contributed by atoms with Gasteiger partial charge in [0, 0.05) is 19.2 Å². The molecule has 1 fully saturated rings. The Balaban J connectivity index is 2.20. The molecule has 1 saturated heterocycles. The van der Waals surface area contributed by atoms with Crippen LogP contribution in [0.5, 0.6) is 0 Å². The minimum Gasteiger partial charge on any atom is -0.382 e. The van der Waals surface area contributed by atoms with Gasteiger partial charge in [-0.1, -0.05) is 12.1 Å². The number of nitro groups is 1. The van der Waals surface area contributed by atoms with Crippen molar-refractivity contribution in [2.45, 2.75) is 19.0 Å². The number of nitrogens with one attached hydrogen (secondary N) is 1. The highest BCUT2D eigenvalue weighted by molar-refractivity contribution is 6.06. The van der Waals surface area contributed by atoms with Gasteiger partial charge >= 0.3 is 6.03 Å². The molecule has 1 aromatic rings. The van der Waals surface area contributed by atoms with E-state index in [0.29, 0.717) is 5.56 Å². The van der Waals surface area contributed by atoms with Crippen molar-refractivity contribution < 1.29 is 19.2 Å². The zero-order valence-corrected chi connectivity index (χ0v) is 11.7. The van der Waals surface area contributed by atoms with Gasteiger partial charge < -0.3 is 10.1 Å². The molecule has 1 aromatic carbocycles. The summed E-state index contributed by atoms with van der Waals surface area (Å²) in [6, 6.07) is 5.29. The molecule has 0 spiro atoms. The van der Waals surface area contributed by atoms with E-state index in [2.05, 4.69) is 5.32 Å². The fourth-order valence-corrected chi connectivity index (χ4v) is 2.23. The van der Waals surface area contributed by atoms with E-state index in [-0.39, 0.29) is 18.8 Å². The number of carbonyl (C=O) groups excluding carboxylic acids is 2. The Kier molecular flexibility index (Phi) is 3.90. The van der Waals surface area contributed by atoms with E-state index < -0.39 is 22.4 Å². The highest BCUT2D eigenvalue weighted by Crippen LogP contribution is 2.21. The zero-order valence-electron chi connectivity index (χ0n) is 11.7. The van der Waals surface area contributed by atoms with E-state index in [4.69, 9.17) is 4.74 Å². The predicted octanol–water partition coefficient (Wildman–Crippen LogP) is 1.05. The zero-order chi connectivity index (χ0) is 15.6. The van der Waals surface area contributed by atoms with Gasteiger partial charge in [0.2, 0.25) is 0 Å². The third kappa shape index (κ3) is 2.84. The Morgan fingerprint density at radius 1 is 1.43 bits per heavy atom. The summed E-state index contributed by atoms with van der Waals surface area (Å²) in [7, 11) is 1.44. The molecule has 8 nitrogen and oxygen atoms in total. The normalized spacial score (nSPS) is 21.5. The maximum atomic E-state index is 12.3. The van der Waals surface area contributed by atoms with Gasteiger partial charge in [0.1, 0.15) is 5.54 Å².